The van der Waals surface area contributed by atoms with E-state index in [0.717, 1.165) is 36.3 Å². The minimum Gasteiger partial charge on any atom is -0.444 e. The Balaban J connectivity index is 1.43. The smallest absolute Gasteiger partial charge is 0.410 e. The van der Waals surface area contributed by atoms with Crippen LogP contribution in [0.15, 0.2) is 41.7 Å². The highest BCUT2D eigenvalue weighted by Gasteiger charge is 2.40. The molecule has 1 aromatic carbocycles. The van der Waals surface area contributed by atoms with Crippen molar-refractivity contribution in [2.24, 2.45) is 0 Å². The van der Waals surface area contributed by atoms with Crippen molar-refractivity contribution in [2.75, 3.05) is 19.3 Å². The van der Waals surface area contributed by atoms with E-state index in [1.54, 1.807) is 23.7 Å². The summed E-state index contributed by atoms with van der Waals surface area (Å²) >= 11 is 0. The number of carbonyl (C=O) groups is 2. The van der Waals surface area contributed by atoms with Crippen LogP contribution in [0.1, 0.15) is 56.9 Å². The molecule has 0 bridgehead atoms. The molecule has 0 N–H and O–H groups in total. The number of amides is 2. The van der Waals surface area contributed by atoms with Crippen molar-refractivity contribution in [1.82, 2.24) is 19.4 Å². The van der Waals surface area contributed by atoms with Crippen LogP contribution in [0.4, 0.5) is 4.79 Å². The molecule has 2 aromatic rings. The fraction of sp³-hybridized carbons (Fsp3) is 0.542. The number of benzene rings is 1. The zero-order chi connectivity index (χ0) is 23.8. The molecule has 33 heavy (non-hydrogen) atoms. The van der Waals surface area contributed by atoms with E-state index in [0.29, 0.717) is 18.8 Å². The fourth-order valence-corrected chi connectivity index (χ4v) is 4.67. The number of piperidine rings is 1. The molecular weight excluding hydrogens is 440 g/mol. The van der Waals surface area contributed by atoms with Gasteiger partial charge in [-0.2, -0.15) is 0 Å². The van der Waals surface area contributed by atoms with Crippen LogP contribution >= 0.6 is 0 Å². The molecule has 1 atom stereocenters. The summed E-state index contributed by atoms with van der Waals surface area (Å²) < 4.78 is 18.9. The van der Waals surface area contributed by atoms with Gasteiger partial charge in [0.15, 0.2) is 0 Å². The third kappa shape index (κ3) is 5.63. The van der Waals surface area contributed by atoms with Crippen LogP contribution in [0.2, 0.25) is 0 Å². The van der Waals surface area contributed by atoms with Gasteiger partial charge in [0.2, 0.25) is 0 Å². The summed E-state index contributed by atoms with van der Waals surface area (Å²) in [5.41, 5.74) is 0.760. The fourth-order valence-electron chi connectivity index (χ4n) is 4.15. The van der Waals surface area contributed by atoms with Crippen molar-refractivity contribution in [1.29, 1.82) is 0 Å². The Labute approximate surface area is 197 Å². The Hall–Kier alpha value is -2.68. The lowest BCUT2D eigenvalue weighted by Gasteiger charge is -2.38. The van der Waals surface area contributed by atoms with Crippen molar-refractivity contribution in [2.45, 2.75) is 69.0 Å². The number of carbonyl (C=O) groups excluding carboxylic acids is 2. The van der Waals surface area contributed by atoms with Gasteiger partial charge < -0.3 is 19.1 Å². The average molecular weight is 473 g/mol. The Kier molecular flexibility index (Phi) is 6.61. The van der Waals surface area contributed by atoms with E-state index in [2.05, 4.69) is 4.98 Å². The van der Waals surface area contributed by atoms with Crippen LogP contribution < -0.4 is 0 Å². The maximum absolute atomic E-state index is 13.4. The average Bonchev–Trinajstić information content (AvgIpc) is 3.47. The maximum Gasteiger partial charge on any atom is 0.410 e. The minimum absolute atomic E-state index is 0.0572. The predicted octanol–water partition coefficient (Wildman–Crippen LogP) is 3.61. The molecule has 0 spiro atoms. The summed E-state index contributed by atoms with van der Waals surface area (Å²) in [4.78, 5) is 34.7. The molecule has 4 rings (SSSR count). The Morgan fingerprint density at radius 3 is 2.21 bits per heavy atom. The third-order valence-electron chi connectivity index (χ3n) is 5.95. The molecule has 1 unspecified atom stereocenters. The molecule has 0 radical (unpaired) electrons. The summed E-state index contributed by atoms with van der Waals surface area (Å²) in [6.45, 7) is 6.75. The van der Waals surface area contributed by atoms with Crippen molar-refractivity contribution in [3.05, 3.63) is 42.5 Å². The van der Waals surface area contributed by atoms with Gasteiger partial charge in [-0.15, -0.1) is 0 Å². The largest absolute Gasteiger partial charge is 0.444 e. The summed E-state index contributed by atoms with van der Waals surface area (Å²) in [5.74, 6) is -0.0572. The molecular formula is C24H32N4O4S. The first-order valence-electron chi connectivity index (χ1n) is 11.4. The SMILES string of the molecule is CS(=O)c1ccc(-n2cnc(C(=O)N(C3CC3)C3CCN(C(=O)OC(C)(C)C)CC3)c2)cc1. The molecule has 1 aliphatic carbocycles. The van der Waals surface area contributed by atoms with Gasteiger partial charge in [0.05, 0.1) is 0 Å². The van der Waals surface area contributed by atoms with E-state index in [1.807, 2.05) is 54.5 Å². The van der Waals surface area contributed by atoms with E-state index in [-0.39, 0.29) is 24.1 Å². The van der Waals surface area contributed by atoms with Gasteiger partial charge in [-0.1, -0.05) is 0 Å². The first-order chi connectivity index (χ1) is 15.6. The Morgan fingerprint density at radius 2 is 1.67 bits per heavy atom. The molecule has 1 aromatic heterocycles. The van der Waals surface area contributed by atoms with Crippen molar-refractivity contribution >= 4 is 22.8 Å². The molecule has 8 nitrogen and oxygen atoms in total. The van der Waals surface area contributed by atoms with E-state index in [4.69, 9.17) is 4.74 Å². The van der Waals surface area contributed by atoms with Gasteiger partial charge in [0.25, 0.3) is 5.91 Å². The molecule has 9 heteroatoms. The lowest BCUT2D eigenvalue weighted by atomic mass is 10.0. The zero-order valence-electron chi connectivity index (χ0n) is 19.7. The second kappa shape index (κ2) is 9.29. The number of ether oxygens (including phenoxy) is 1. The van der Waals surface area contributed by atoms with E-state index in [9.17, 15) is 13.8 Å². The molecule has 1 saturated carbocycles. The molecule has 178 valence electrons. The van der Waals surface area contributed by atoms with Crippen LogP contribution in [0.5, 0.6) is 0 Å². The highest BCUT2D eigenvalue weighted by molar-refractivity contribution is 7.84. The topological polar surface area (TPSA) is 84.7 Å². The molecule has 2 amide bonds. The highest BCUT2D eigenvalue weighted by Crippen LogP contribution is 2.33. The number of hydrogen-bond acceptors (Lipinski definition) is 5. The number of aromatic nitrogens is 2. The third-order valence-corrected chi connectivity index (χ3v) is 6.89. The number of nitrogens with zero attached hydrogens (tertiary/aromatic N) is 4. The standard InChI is InChI=1S/C24H32N4O4S/c1-24(2,3)32-23(30)26-13-11-19(12-14-26)28(18-5-6-18)22(29)21-15-27(16-25-21)17-7-9-20(10-8-17)33(4)31/h7-10,15-16,18-19H,5-6,11-14H2,1-4H3. The quantitative estimate of drug-likeness (QED) is 0.664. The first kappa shape index (κ1) is 23.5. The van der Waals surface area contributed by atoms with E-state index >= 15 is 0 Å². The lowest BCUT2D eigenvalue weighted by molar-refractivity contribution is 0.0141. The van der Waals surface area contributed by atoms with Crippen LogP contribution in [-0.2, 0) is 15.5 Å². The monoisotopic (exact) mass is 472 g/mol. The van der Waals surface area contributed by atoms with Crippen LogP contribution in [-0.4, -0.2) is 72.6 Å². The van der Waals surface area contributed by atoms with E-state index in [1.165, 1.54) is 0 Å². The normalized spacial score (nSPS) is 18.1. The second-order valence-electron chi connectivity index (χ2n) is 9.76. The van der Waals surface area contributed by atoms with Gasteiger partial charge in [-0.3, -0.25) is 9.00 Å². The second-order valence-corrected chi connectivity index (χ2v) is 11.1. The van der Waals surface area contributed by atoms with Crippen molar-refractivity contribution in [3.8, 4) is 5.69 Å². The summed E-state index contributed by atoms with van der Waals surface area (Å²) in [5, 5.41) is 0. The van der Waals surface area contributed by atoms with Crippen LogP contribution in [0, 0.1) is 0 Å². The van der Waals surface area contributed by atoms with Crippen LogP contribution in [0.3, 0.4) is 0 Å². The van der Waals surface area contributed by atoms with Gasteiger partial charge in [-0.05, 0) is 70.7 Å². The van der Waals surface area contributed by atoms with E-state index < -0.39 is 16.4 Å². The predicted molar refractivity (Wildman–Crippen MR) is 126 cm³/mol. The van der Waals surface area contributed by atoms with Gasteiger partial charge in [0.1, 0.15) is 17.6 Å². The van der Waals surface area contributed by atoms with Crippen molar-refractivity contribution < 1.29 is 18.5 Å². The number of imidazole rings is 1. The summed E-state index contributed by atoms with van der Waals surface area (Å²) in [6.07, 6.45) is 8.24. The lowest BCUT2D eigenvalue weighted by Crippen LogP contribution is -2.50. The summed E-state index contributed by atoms with van der Waals surface area (Å²) in [6, 6.07) is 7.73. The molecule has 2 heterocycles. The maximum atomic E-state index is 13.4. The number of hydrogen-bond donors (Lipinski definition) is 0. The molecule has 2 aliphatic rings. The van der Waals surface area contributed by atoms with Gasteiger partial charge in [0, 0.05) is 59.0 Å². The minimum atomic E-state index is -1.03. The number of rotatable bonds is 5. The zero-order valence-corrected chi connectivity index (χ0v) is 20.5. The van der Waals surface area contributed by atoms with Crippen LogP contribution in [0.25, 0.3) is 5.69 Å². The highest BCUT2D eigenvalue weighted by atomic mass is 32.2. The Morgan fingerprint density at radius 1 is 1.06 bits per heavy atom. The van der Waals surface area contributed by atoms with Gasteiger partial charge >= 0.3 is 6.09 Å². The van der Waals surface area contributed by atoms with Gasteiger partial charge in [-0.25, -0.2) is 9.78 Å². The van der Waals surface area contributed by atoms with Crippen molar-refractivity contribution in [3.63, 3.8) is 0 Å². The summed E-state index contributed by atoms with van der Waals surface area (Å²) in [7, 11) is -1.03. The molecule has 1 aliphatic heterocycles. The number of likely N-dealkylation sites (tertiary alicyclic amines) is 1. The first-order valence-corrected chi connectivity index (χ1v) is 13.0. The molecule has 2 fully saturated rings. The Bertz CT molecular complexity index is 1030. The molecule has 1 saturated heterocycles.